The number of para-hydroxylation sites is 1. The van der Waals surface area contributed by atoms with Gasteiger partial charge in [0.25, 0.3) is 0 Å². The summed E-state index contributed by atoms with van der Waals surface area (Å²) in [5, 5.41) is 0. The van der Waals surface area contributed by atoms with Gasteiger partial charge in [0.05, 0.1) is 0 Å². The summed E-state index contributed by atoms with van der Waals surface area (Å²) in [6, 6.07) is 15.1. The number of nitrogens with two attached hydrogens (primary N) is 1. The summed E-state index contributed by atoms with van der Waals surface area (Å²) in [7, 11) is 0. The zero-order chi connectivity index (χ0) is 13.7. The van der Waals surface area contributed by atoms with Crippen LogP contribution in [0, 0.1) is 0 Å². The molecule has 0 saturated carbocycles. The maximum absolute atomic E-state index is 6.33. The Bertz CT molecular complexity index is 543. The van der Waals surface area contributed by atoms with E-state index >= 15 is 0 Å². The first-order chi connectivity index (χ1) is 9.26. The molecule has 0 aromatic heterocycles. The summed E-state index contributed by atoms with van der Waals surface area (Å²) >= 11 is 0. The number of aryl methyl sites for hydroxylation is 2. The maximum atomic E-state index is 6.33. The highest BCUT2D eigenvalue weighted by Crippen LogP contribution is 2.30. The Morgan fingerprint density at radius 2 is 1.63 bits per heavy atom. The minimum absolute atomic E-state index is 0.943. The zero-order valence-corrected chi connectivity index (χ0v) is 11.9. The van der Waals surface area contributed by atoms with E-state index in [0.717, 1.165) is 24.9 Å². The number of benzene rings is 2. The van der Waals surface area contributed by atoms with Gasteiger partial charge in [-0.25, -0.2) is 0 Å². The third-order valence-electron chi connectivity index (χ3n) is 3.49. The third-order valence-corrected chi connectivity index (χ3v) is 3.49. The summed E-state index contributed by atoms with van der Waals surface area (Å²) in [5.41, 5.74) is 12.3. The number of rotatable bonds is 5. The third kappa shape index (κ3) is 3.17. The molecule has 0 heterocycles. The summed E-state index contributed by atoms with van der Waals surface area (Å²) in [4.78, 5) is 0. The van der Waals surface area contributed by atoms with Gasteiger partial charge >= 0.3 is 0 Å². The van der Waals surface area contributed by atoms with Crippen molar-refractivity contribution in [3.8, 4) is 11.1 Å². The van der Waals surface area contributed by atoms with Gasteiger partial charge in [0.15, 0.2) is 0 Å². The second-order valence-electron chi connectivity index (χ2n) is 5.08. The molecule has 19 heavy (non-hydrogen) atoms. The van der Waals surface area contributed by atoms with Crippen LogP contribution in [0.1, 0.15) is 37.8 Å². The van der Waals surface area contributed by atoms with Crippen LogP contribution in [0.3, 0.4) is 0 Å². The van der Waals surface area contributed by atoms with Crippen LogP contribution < -0.4 is 5.73 Å². The van der Waals surface area contributed by atoms with Crippen LogP contribution in [-0.2, 0) is 12.8 Å². The lowest BCUT2D eigenvalue weighted by Gasteiger charge is -2.11. The average molecular weight is 253 g/mol. The lowest BCUT2D eigenvalue weighted by atomic mass is 9.96. The van der Waals surface area contributed by atoms with E-state index in [2.05, 4.69) is 56.3 Å². The largest absolute Gasteiger partial charge is 0.398 e. The smallest absolute Gasteiger partial charge is 0.0426 e. The molecule has 0 aliphatic carbocycles. The molecule has 2 aromatic carbocycles. The summed E-state index contributed by atoms with van der Waals surface area (Å²) in [6.45, 7) is 4.40. The van der Waals surface area contributed by atoms with Crippen LogP contribution >= 0.6 is 0 Å². The molecular formula is C18H23N. The molecule has 0 amide bonds. The monoisotopic (exact) mass is 253 g/mol. The van der Waals surface area contributed by atoms with E-state index in [1.54, 1.807) is 0 Å². The maximum Gasteiger partial charge on any atom is 0.0426 e. The molecule has 2 N–H and O–H groups in total. The van der Waals surface area contributed by atoms with Crippen molar-refractivity contribution in [2.75, 3.05) is 5.73 Å². The van der Waals surface area contributed by atoms with Gasteiger partial charge in [-0.2, -0.15) is 0 Å². The highest BCUT2D eigenvalue weighted by Gasteiger charge is 2.07. The molecule has 0 unspecified atom stereocenters. The lowest BCUT2D eigenvalue weighted by molar-refractivity contribution is 0.921. The van der Waals surface area contributed by atoms with E-state index in [-0.39, 0.29) is 0 Å². The summed E-state index contributed by atoms with van der Waals surface area (Å²) in [5.74, 6) is 0. The van der Waals surface area contributed by atoms with E-state index in [1.807, 2.05) is 0 Å². The summed E-state index contributed by atoms with van der Waals surface area (Å²) < 4.78 is 0. The molecule has 0 aliphatic rings. The molecule has 0 radical (unpaired) electrons. The van der Waals surface area contributed by atoms with E-state index in [1.165, 1.54) is 28.7 Å². The topological polar surface area (TPSA) is 26.0 Å². The van der Waals surface area contributed by atoms with E-state index in [4.69, 9.17) is 5.73 Å². The molecule has 0 aliphatic heterocycles. The predicted molar refractivity (Wildman–Crippen MR) is 84.3 cm³/mol. The Hall–Kier alpha value is -1.76. The molecule has 0 atom stereocenters. The number of nitrogen functional groups attached to an aromatic ring is 1. The second-order valence-corrected chi connectivity index (χ2v) is 5.08. The molecular weight excluding hydrogens is 230 g/mol. The van der Waals surface area contributed by atoms with Gasteiger partial charge < -0.3 is 5.73 Å². The Labute approximate surface area is 116 Å². The quantitative estimate of drug-likeness (QED) is 0.758. The van der Waals surface area contributed by atoms with Crippen LogP contribution in [0.2, 0.25) is 0 Å². The van der Waals surface area contributed by atoms with Gasteiger partial charge in [0, 0.05) is 11.3 Å². The highest BCUT2D eigenvalue weighted by atomic mass is 14.6. The SMILES string of the molecule is CCCc1cccc(-c2cccc(CCC)c2N)c1. The van der Waals surface area contributed by atoms with Gasteiger partial charge in [0.2, 0.25) is 0 Å². The van der Waals surface area contributed by atoms with Gasteiger partial charge in [-0.3, -0.25) is 0 Å². The number of hydrogen-bond donors (Lipinski definition) is 1. The lowest BCUT2D eigenvalue weighted by Crippen LogP contribution is -1.97. The van der Waals surface area contributed by atoms with Crippen LogP contribution in [0.15, 0.2) is 42.5 Å². The summed E-state index contributed by atoms with van der Waals surface area (Å²) in [6.07, 6.45) is 4.48. The van der Waals surface area contributed by atoms with Crippen LogP contribution in [0.25, 0.3) is 11.1 Å². The van der Waals surface area contributed by atoms with Gasteiger partial charge in [-0.05, 0) is 29.5 Å². The first kappa shape index (κ1) is 13.7. The molecule has 0 spiro atoms. The van der Waals surface area contributed by atoms with Crippen molar-refractivity contribution >= 4 is 5.69 Å². The molecule has 1 nitrogen and oxygen atoms in total. The van der Waals surface area contributed by atoms with Crippen molar-refractivity contribution in [2.24, 2.45) is 0 Å². The fraction of sp³-hybridized carbons (Fsp3) is 0.333. The molecule has 0 saturated heterocycles. The van der Waals surface area contributed by atoms with Crippen molar-refractivity contribution < 1.29 is 0 Å². The minimum atomic E-state index is 0.943. The predicted octanol–water partition coefficient (Wildman–Crippen LogP) is 4.84. The van der Waals surface area contributed by atoms with Crippen molar-refractivity contribution in [3.05, 3.63) is 53.6 Å². The highest BCUT2D eigenvalue weighted by molar-refractivity contribution is 5.78. The molecule has 0 fully saturated rings. The number of anilines is 1. The van der Waals surface area contributed by atoms with Crippen LogP contribution in [-0.4, -0.2) is 0 Å². The van der Waals surface area contributed by atoms with E-state index in [9.17, 15) is 0 Å². The van der Waals surface area contributed by atoms with Crippen molar-refractivity contribution in [3.63, 3.8) is 0 Å². The minimum Gasteiger partial charge on any atom is -0.398 e. The molecule has 100 valence electrons. The molecule has 1 heteroatoms. The van der Waals surface area contributed by atoms with Crippen molar-refractivity contribution in [1.82, 2.24) is 0 Å². The molecule has 0 bridgehead atoms. The van der Waals surface area contributed by atoms with Crippen LogP contribution in [0.4, 0.5) is 5.69 Å². The average Bonchev–Trinajstić information content (AvgIpc) is 2.42. The van der Waals surface area contributed by atoms with E-state index < -0.39 is 0 Å². The molecule has 2 rings (SSSR count). The first-order valence-electron chi connectivity index (χ1n) is 7.23. The Balaban J connectivity index is 2.41. The Morgan fingerprint density at radius 3 is 2.37 bits per heavy atom. The Morgan fingerprint density at radius 1 is 0.895 bits per heavy atom. The fourth-order valence-electron chi connectivity index (χ4n) is 2.54. The van der Waals surface area contributed by atoms with Gasteiger partial charge in [0.1, 0.15) is 0 Å². The fourth-order valence-corrected chi connectivity index (χ4v) is 2.54. The molecule has 2 aromatic rings. The van der Waals surface area contributed by atoms with Crippen molar-refractivity contribution in [1.29, 1.82) is 0 Å². The van der Waals surface area contributed by atoms with Gasteiger partial charge in [-0.1, -0.05) is 69.2 Å². The number of hydrogen-bond acceptors (Lipinski definition) is 1. The zero-order valence-electron chi connectivity index (χ0n) is 11.9. The second kappa shape index (κ2) is 6.42. The van der Waals surface area contributed by atoms with Crippen molar-refractivity contribution in [2.45, 2.75) is 39.5 Å². The van der Waals surface area contributed by atoms with E-state index in [0.29, 0.717) is 0 Å². The Kier molecular flexibility index (Phi) is 4.62. The van der Waals surface area contributed by atoms with Crippen LogP contribution in [0.5, 0.6) is 0 Å². The normalized spacial score (nSPS) is 10.6. The standard InChI is InChI=1S/C18H23N/c1-3-7-14-9-5-11-16(13-14)17-12-6-10-15(8-4-2)18(17)19/h5-6,9-13H,3-4,7-8,19H2,1-2H3. The first-order valence-corrected chi connectivity index (χ1v) is 7.23. The van der Waals surface area contributed by atoms with Gasteiger partial charge in [-0.15, -0.1) is 0 Å².